The Morgan fingerprint density at radius 2 is 1.39 bits per heavy atom. The van der Waals surface area contributed by atoms with Gasteiger partial charge in [0.15, 0.2) is 5.82 Å². The van der Waals surface area contributed by atoms with Crippen molar-refractivity contribution in [3.8, 4) is 28.7 Å². The molecule has 3 aromatic carbocycles. The van der Waals surface area contributed by atoms with Crippen molar-refractivity contribution in [1.82, 2.24) is 9.97 Å². The van der Waals surface area contributed by atoms with E-state index < -0.39 is 0 Å². The summed E-state index contributed by atoms with van der Waals surface area (Å²) in [4.78, 5) is 10.5. The van der Waals surface area contributed by atoms with E-state index >= 15 is 0 Å². The summed E-state index contributed by atoms with van der Waals surface area (Å²) in [7, 11) is 0. The molecule has 0 aliphatic rings. The Labute approximate surface area is 172 Å². The summed E-state index contributed by atoms with van der Waals surface area (Å²) in [6, 6.07) is 29.3. The molecular formula is C23H14ClN3S. The lowest BCUT2D eigenvalue weighted by molar-refractivity contribution is 1.04. The first-order chi connectivity index (χ1) is 13.7. The van der Waals surface area contributed by atoms with Crippen LogP contribution in [0.5, 0.6) is 0 Å². The van der Waals surface area contributed by atoms with Crippen molar-refractivity contribution in [3.63, 3.8) is 0 Å². The largest absolute Gasteiger partial charge is 0.227 e. The summed E-state index contributed by atoms with van der Waals surface area (Å²) in [6.45, 7) is 0. The van der Waals surface area contributed by atoms with Crippen LogP contribution in [0, 0.1) is 11.3 Å². The first kappa shape index (κ1) is 18.2. The molecule has 0 radical (unpaired) electrons. The Bertz CT molecular complexity index is 1140. The normalized spacial score (nSPS) is 10.4. The van der Waals surface area contributed by atoms with Crippen LogP contribution in [-0.4, -0.2) is 9.97 Å². The van der Waals surface area contributed by atoms with E-state index in [0.29, 0.717) is 27.1 Å². The smallest absolute Gasteiger partial charge is 0.161 e. The van der Waals surface area contributed by atoms with Gasteiger partial charge in [0.2, 0.25) is 0 Å². The fourth-order valence-corrected chi connectivity index (χ4v) is 3.77. The highest BCUT2D eigenvalue weighted by Crippen LogP contribution is 2.35. The molecule has 0 unspecified atom stereocenters. The Balaban J connectivity index is 1.92. The molecule has 5 heteroatoms. The Hall–Kier alpha value is -3.13. The van der Waals surface area contributed by atoms with Gasteiger partial charge in [-0.2, -0.15) is 5.26 Å². The third-order valence-electron chi connectivity index (χ3n) is 4.10. The molecule has 28 heavy (non-hydrogen) atoms. The number of benzene rings is 3. The zero-order valence-corrected chi connectivity index (χ0v) is 16.3. The van der Waals surface area contributed by atoms with Gasteiger partial charge in [0, 0.05) is 21.0 Å². The van der Waals surface area contributed by atoms with Gasteiger partial charge in [-0.25, -0.2) is 9.97 Å². The third-order valence-corrected chi connectivity index (χ3v) is 5.34. The SMILES string of the molecule is N#Cc1c(Sc2ccccc2)nc(-c2ccccc2)nc1-c1ccc(Cl)cc1. The summed E-state index contributed by atoms with van der Waals surface area (Å²) >= 11 is 7.50. The molecule has 134 valence electrons. The van der Waals surface area contributed by atoms with Crippen molar-refractivity contribution in [3.05, 3.63) is 95.5 Å². The minimum atomic E-state index is 0.454. The molecule has 0 atom stereocenters. The lowest BCUT2D eigenvalue weighted by Crippen LogP contribution is -2.00. The number of nitriles is 1. The number of hydrogen-bond acceptors (Lipinski definition) is 4. The summed E-state index contributed by atoms with van der Waals surface area (Å²) in [5, 5.41) is 11.2. The van der Waals surface area contributed by atoms with Gasteiger partial charge < -0.3 is 0 Å². The maximum absolute atomic E-state index is 9.89. The molecule has 0 bridgehead atoms. The summed E-state index contributed by atoms with van der Waals surface area (Å²) in [5.41, 5.74) is 2.79. The van der Waals surface area contributed by atoms with Crippen molar-refractivity contribution in [1.29, 1.82) is 5.26 Å². The molecule has 0 fully saturated rings. The van der Waals surface area contributed by atoms with E-state index in [-0.39, 0.29) is 0 Å². The van der Waals surface area contributed by atoms with Gasteiger partial charge >= 0.3 is 0 Å². The van der Waals surface area contributed by atoms with E-state index in [4.69, 9.17) is 21.6 Å². The van der Waals surface area contributed by atoms with E-state index in [1.165, 1.54) is 11.8 Å². The molecule has 0 aliphatic carbocycles. The maximum atomic E-state index is 9.89. The van der Waals surface area contributed by atoms with Crippen molar-refractivity contribution >= 4 is 23.4 Å². The highest BCUT2D eigenvalue weighted by atomic mass is 35.5. The molecular weight excluding hydrogens is 386 g/mol. The standard InChI is InChI=1S/C23H14ClN3S/c24-18-13-11-16(12-14-18)21-20(15-25)23(28-19-9-5-2-6-10-19)27-22(26-21)17-7-3-1-4-8-17/h1-14H. The number of nitrogens with zero attached hydrogens (tertiary/aromatic N) is 3. The maximum Gasteiger partial charge on any atom is 0.161 e. The van der Waals surface area contributed by atoms with Crippen LogP contribution in [0.3, 0.4) is 0 Å². The second-order valence-electron chi connectivity index (χ2n) is 5.98. The minimum Gasteiger partial charge on any atom is -0.227 e. The number of rotatable bonds is 4. The van der Waals surface area contributed by atoms with Crippen LogP contribution in [0.25, 0.3) is 22.6 Å². The molecule has 4 aromatic rings. The van der Waals surface area contributed by atoms with Crippen LogP contribution in [0.1, 0.15) is 5.56 Å². The van der Waals surface area contributed by atoms with Gasteiger partial charge in [-0.05, 0) is 24.3 Å². The van der Waals surface area contributed by atoms with Crippen LogP contribution in [0.2, 0.25) is 5.02 Å². The predicted molar refractivity (Wildman–Crippen MR) is 113 cm³/mol. The highest BCUT2D eigenvalue weighted by molar-refractivity contribution is 7.99. The van der Waals surface area contributed by atoms with E-state index in [9.17, 15) is 5.26 Å². The van der Waals surface area contributed by atoms with Gasteiger partial charge in [-0.15, -0.1) is 0 Å². The second kappa shape index (κ2) is 8.26. The molecule has 0 aliphatic heterocycles. The summed E-state index contributed by atoms with van der Waals surface area (Å²) in [5.74, 6) is 0.586. The zero-order valence-electron chi connectivity index (χ0n) is 14.7. The van der Waals surface area contributed by atoms with E-state index in [2.05, 4.69) is 6.07 Å². The molecule has 4 rings (SSSR count). The van der Waals surface area contributed by atoms with E-state index in [0.717, 1.165) is 16.0 Å². The Morgan fingerprint density at radius 3 is 2.04 bits per heavy atom. The van der Waals surface area contributed by atoms with Crippen LogP contribution < -0.4 is 0 Å². The lowest BCUT2D eigenvalue weighted by atomic mass is 10.1. The first-order valence-corrected chi connectivity index (χ1v) is 9.80. The second-order valence-corrected chi connectivity index (χ2v) is 7.47. The van der Waals surface area contributed by atoms with Gasteiger partial charge in [0.1, 0.15) is 16.7 Å². The zero-order chi connectivity index (χ0) is 19.3. The molecule has 1 aromatic heterocycles. The molecule has 0 N–H and O–H groups in total. The fraction of sp³-hybridized carbons (Fsp3) is 0. The van der Waals surface area contributed by atoms with Crippen molar-refractivity contribution in [2.75, 3.05) is 0 Å². The van der Waals surface area contributed by atoms with Crippen molar-refractivity contribution < 1.29 is 0 Å². The first-order valence-electron chi connectivity index (χ1n) is 8.61. The minimum absolute atomic E-state index is 0.454. The number of hydrogen-bond donors (Lipinski definition) is 0. The van der Waals surface area contributed by atoms with Gasteiger partial charge in [-0.3, -0.25) is 0 Å². The average molecular weight is 400 g/mol. The molecule has 0 saturated carbocycles. The fourth-order valence-electron chi connectivity index (χ4n) is 2.75. The third kappa shape index (κ3) is 3.91. The quantitative estimate of drug-likeness (QED) is 0.368. The van der Waals surface area contributed by atoms with Crippen LogP contribution >= 0.6 is 23.4 Å². The average Bonchev–Trinajstić information content (AvgIpc) is 2.75. The van der Waals surface area contributed by atoms with E-state index in [1.807, 2.05) is 72.8 Å². The molecule has 0 amide bonds. The van der Waals surface area contributed by atoms with Crippen LogP contribution in [-0.2, 0) is 0 Å². The van der Waals surface area contributed by atoms with Crippen LogP contribution in [0.15, 0.2) is 94.9 Å². The monoisotopic (exact) mass is 399 g/mol. The molecule has 1 heterocycles. The van der Waals surface area contributed by atoms with Gasteiger partial charge in [-0.1, -0.05) is 84.0 Å². The highest BCUT2D eigenvalue weighted by Gasteiger charge is 2.18. The Morgan fingerprint density at radius 1 is 0.750 bits per heavy atom. The number of halogens is 1. The topological polar surface area (TPSA) is 49.6 Å². The molecule has 3 nitrogen and oxygen atoms in total. The van der Waals surface area contributed by atoms with Gasteiger partial charge in [0.25, 0.3) is 0 Å². The van der Waals surface area contributed by atoms with E-state index in [1.54, 1.807) is 12.1 Å². The predicted octanol–water partition coefficient (Wildman–Crippen LogP) is 6.49. The van der Waals surface area contributed by atoms with Crippen LogP contribution in [0.4, 0.5) is 0 Å². The lowest BCUT2D eigenvalue weighted by Gasteiger charge is -2.11. The Kier molecular flexibility index (Phi) is 5.38. The van der Waals surface area contributed by atoms with Crippen molar-refractivity contribution in [2.45, 2.75) is 9.92 Å². The summed E-state index contributed by atoms with van der Waals surface area (Å²) in [6.07, 6.45) is 0. The molecule has 0 spiro atoms. The number of aromatic nitrogens is 2. The van der Waals surface area contributed by atoms with Gasteiger partial charge in [0.05, 0.1) is 5.69 Å². The molecule has 0 saturated heterocycles. The summed E-state index contributed by atoms with van der Waals surface area (Å²) < 4.78 is 0. The van der Waals surface area contributed by atoms with Crippen molar-refractivity contribution in [2.24, 2.45) is 0 Å².